The Balaban J connectivity index is 2.35. The molecule has 5 heteroatoms. The molecule has 0 aliphatic carbocycles. The fourth-order valence-corrected chi connectivity index (χ4v) is 1.47. The normalized spacial score (nSPS) is 11.2. The number of aromatic nitrogens is 3. The first-order valence-electron chi connectivity index (χ1n) is 6.14. The fraction of sp³-hybridized carbons (Fsp3) is 0.357. The summed E-state index contributed by atoms with van der Waals surface area (Å²) < 4.78 is 5.70. The van der Waals surface area contributed by atoms with E-state index in [-0.39, 0.29) is 5.41 Å². The number of rotatable bonds is 3. The molecule has 0 aliphatic heterocycles. The largest absolute Gasteiger partial charge is 0.437 e. The van der Waals surface area contributed by atoms with E-state index < -0.39 is 0 Å². The highest BCUT2D eigenvalue weighted by atomic mass is 16.5. The van der Waals surface area contributed by atoms with Crippen LogP contribution in [0.1, 0.15) is 26.6 Å². The third kappa shape index (κ3) is 3.40. The SMILES string of the molecule is CNc1cc(Oc2cccnc2)nc(C(C)(C)C)n1. The second-order valence-corrected chi connectivity index (χ2v) is 5.21. The zero-order valence-electron chi connectivity index (χ0n) is 11.6. The van der Waals surface area contributed by atoms with Gasteiger partial charge in [-0.3, -0.25) is 4.98 Å². The molecule has 2 aromatic heterocycles. The third-order valence-corrected chi connectivity index (χ3v) is 2.49. The minimum absolute atomic E-state index is 0.139. The van der Waals surface area contributed by atoms with Crippen LogP contribution in [0.15, 0.2) is 30.6 Å². The number of hydrogen-bond donors (Lipinski definition) is 1. The molecular formula is C14H18N4O. The molecule has 0 atom stereocenters. The average molecular weight is 258 g/mol. The molecule has 0 saturated carbocycles. The molecule has 0 radical (unpaired) electrons. The van der Waals surface area contributed by atoms with Crippen LogP contribution in [0, 0.1) is 0 Å². The Morgan fingerprint density at radius 3 is 2.58 bits per heavy atom. The standard InChI is InChI=1S/C14H18N4O/c1-14(2,3)13-17-11(15-4)8-12(18-13)19-10-6-5-7-16-9-10/h5-9H,1-4H3,(H,15,17,18). The molecule has 0 fully saturated rings. The summed E-state index contributed by atoms with van der Waals surface area (Å²) in [5.41, 5.74) is -0.139. The van der Waals surface area contributed by atoms with Crippen LogP contribution >= 0.6 is 0 Å². The van der Waals surface area contributed by atoms with Crippen LogP contribution in [-0.4, -0.2) is 22.0 Å². The van der Waals surface area contributed by atoms with Gasteiger partial charge in [-0.15, -0.1) is 0 Å². The Hall–Kier alpha value is -2.17. The maximum atomic E-state index is 5.70. The summed E-state index contributed by atoms with van der Waals surface area (Å²) in [5, 5.41) is 3.02. The summed E-state index contributed by atoms with van der Waals surface area (Å²) in [4.78, 5) is 12.9. The van der Waals surface area contributed by atoms with Crippen molar-refractivity contribution in [2.24, 2.45) is 0 Å². The van der Waals surface area contributed by atoms with Crippen molar-refractivity contribution >= 4 is 5.82 Å². The number of ether oxygens (including phenoxy) is 1. The lowest BCUT2D eigenvalue weighted by Crippen LogP contribution is -2.17. The third-order valence-electron chi connectivity index (χ3n) is 2.49. The predicted octanol–water partition coefficient (Wildman–Crippen LogP) is 3.00. The van der Waals surface area contributed by atoms with Crippen molar-refractivity contribution < 1.29 is 4.74 Å². The zero-order chi connectivity index (χ0) is 13.9. The van der Waals surface area contributed by atoms with Gasteiger partial charge in [-0.05, 0) is 12.1 Å². The highest BCUT2D eigenvalue weighted by molar-refractivity contribution is 5.40. The summed E-state index contributed by atoms with van der Waals surface area (Å²) in [5.74, 6) is 2.64. The van der Waals surface area contributed by atoms with Crippen LogP contribution in [0.2, 0.25) is 0 Å². The molecular weight excluding hydrogens is 240 g/mol. The summed E-state index contributed by atoms with van der Waals surface area (Å²) in [7, 11) is 1.82. The van der Waals surface area contributed by atoms with Gasteiger partial charge in [0.25, 0.3) is 0 Å². The topological polar surface area (TPSA) is 59.9 Å². The molecule has 2 heterocycles. The number of pyridine rings is 1. The maximum absolute atomic E-state index is 5.70. The minimum Gasteiger partial charge on any atom is -0.437 e. The Morgan fingerprint density at radius 2 is 2.00 bits per heavy atom. The van der Waals surface area contributed by atoms with Crippen LogP contribution in [0.25, 0.3) is 0 Å². The summed E-state index contributed by atoms with van der Waals surface area (Å²) in [6, 6.07) is 5.42. The lowest BCUT2D eigenvalue weighted by atomic mass is 9.96. The molecule has 1 N–H and O–H groups in total. The Bertz CT molecular complexity index is 549. The quantitative estimate of drug-likeness (QED) is 0.917. The van der Waals surface area contributed by atoms with E-state index in [1.165, 1.54) is 0 Å². The molecule has 2 aromatic rings. The van der Waals surface area contributed by atoms with E-state index in [1.807, 2.05) is 19.2 Å². The first kappa shape index (κ1) is 13.3. The van der Waals surface area contributed by atoms with E-state index in [9.17, 15) is 0 Å². The molecule has 0 aromatic carbocycles. The Labute approximate surface area is 113 Å². The number of nitrogens with zero attached hydrogens (tertiary/aromatic N) is 3. The van der Waals surface area contributed by atoms with E-state index in [4.69, 9.17) is 4.74 Å². The summed E-state index contributed by atoms with van der Waals surface area (Å²) >= 11 is 0. The van der Waals surface area contributed by atoms with Gasteiger partial charge < -0.3 is 10.1 Å². The number of nitrogens with one attached hydrogen (secondary N) is 1. The van der Waals surface area contributed by atoms with Crippen molar-refractivity contribution in [2.45, 2.75) is 26.2 Å². The van der Waals surface area contributed by atoms with Crippen LogP contribution in [0.4, 0.5) is 5.82 Å². The molecule has 0 spiro atoms. The van der Waals surface area contributed by atoms with E-state index in [2.05, 4.69) is 41.0 Å². The number of anilines is 1. The zero-order valence-corrected chi connectivity index (χ0v) is 11.6. The second kappa shape index (κ2) is 5.22. The lowest BCUT2D eigenvalue weighted by Gasteiger charge is -2.18. The fourth-order valence-electron chi connectivity index (χ4n) is 1.47. The van der Waals surface area contributed by atoms with Gasteiger partial charge in [0.05, 0.1) is 6.20 Å². The van der Waals surface area contributed by atoms with Crippen LogP contribution in [-0.2, 0) is 5.41 Å². The van der Waals surface area contributed by atoms with Crippen LogP contribution in [0.5, 0.6) is 11.6 Å². The molecule has 0 amide bonds. The molecule has 19 heavy (non-hydrogen) atoms. The van der Waals surface area contributed by atoms with Gasteiger partial charge in [0.1, 0.15) is 17.4 Å². The van der Waals surface area contributed by atoms with Gasteiger partial charge in [0.2, 0.25) is 5.88 Å². The van der Waals surface area contributed by atoms with E-state index in [1.54, 1.807) is 18.5 Å². The second-order valence-electron chi connectivity index (χ2n) is 5.21. The van der Waals surface area contributed by atoms with Crippen molar-refractivity contribution in [3.63, 3.8) is 0 Å². The predicted molar refractivity (Wildman–Crippen MR) is 74.6 cm³/mol. The average Bonchev–Trinajstić information content (AvgIpc) is 2.38. The molecule has 0 aliphatic rings. The first-order chi connectivity index (χ1) is 8.99. The maximum Gasteiger partial charge on any atom is 0.224 e. The smallest absolute Gasteiger partial charge is 0.224 e. The molecule has 5 nitrogen and oxygen atoms in total. The van der Waals surface area contributed by atoms with E-state index >= 15 is 0 Å². The summed E-state index contributed by atoms with van der Waals surface area (Å²) in [6.45, 7) is 6.20. The minimum atomic E-state index is -0.139. The van der Waals surface area contributed by atoms with Gasteiger partial charge in [-0.25, -0.2) is 4.98 Å². The van der Waals surface area contributed by atoms with Gasteiger partial charge in [-0.2, -0.15) is 4.98 Å². The molecule has 100 valence electrons. The van der Waals surface area contributed by atoms with Gasteiger partial charge in [-0.1, -0.05) is 20.8 Å². The first-order valence-corrected chi connectivity index (χ1v) is 6.14. The highest BCUT2D eigenvalue weighted by Crippen LogP contribution is 2.25. The molecule has 0 unspecified atom stereocenters. The van der Waals surface area contributed by atoms with Crippen molar-refractivity contribution in [1.82, 2.24) is 15.0 Å². The molecule has 0 bridgehead atoms. The van der Waals surface area contributed by atoms with Crippen molar-refractivity contribution in [3.8, 4) is 11.6 Å². The molecule has 0 saturated heterocycles. The number of hydrogen-bond acceptors (Lipinski definition) is 5. The van der Waals surface area contributed by atoms with E-state index in [0.717, 1.165) is 11.6 Å². The van der Waals surface area contributed by atoms with E-state index in [0.29, 0.717) is 11.6 Å². The highest BCUT2D eigenvalue weighted by Gasteiger charge is 2.19. The van der Waals surface area contributed by atoms with Gasteiger partial charge in [0.15, 0.2) is 0 Å². The van der Waals surface area contributed by atoms with Crippen LogP contribution in [0.3, 0.4) is 0 Å². The lowest BCUT2D eigenvalue weighted by molar-refractivity contribution is 0.445. The van der Waals surface area contributed by atoms with Crippen molar-refractivity contribution in [3.05, 3.63) is 36.4 Å². The van der Waals surface area contributed by atoms with Crippen molar-refractivity contribution in [1.29, 1.82) is 0 Å². The Morgan fingerprint density at radius 1 is 1.21 bits per heavy atom. The van der Waals surface area contributed by atoms with Gasteiger partial charge in [0, 0.05) is 24.7 Å². The van der Waals surface area contributed by atoms with Crippen LogP contribution < -0.4 is 10.1 Å². The van der Waals surface area contributed by atoms with Gasteiger partial charge >= 0.3 is 0 Å². The summed E-state index contributed by atoms with van der Waals surface area (Å²) in [6.07, 6.45) is 3.35. The monoisotopic (exact) mass is 258 g/mol. The molecule has 2 rings (SSSR count). The van der Waals surface area contributed by atoms with Crippen molar-refractivity contribution in [2.75, 3.05) is 12.4 Å². The Kier molecular flexibility index (Phi) is 3.64.